The zero-order valence-electron chi connectivity index (χ0n) is 20.1. The van der Waals surface area contributed by atoms with Crippen LogP contribution in [0.15, 0.2) is 72.8 Å². The van der Waals surface area contributed by atoms with Crippen LogP contribution in [0, 0.1) is 3.57 Å². The van der Waals surface area contributed by atoms with Gasteiger partial charge in [0.2, 0.25) is 12.2 Å². The lowest BCUT2D eigenvalue weighted by atomic mass is 10.1. The van der Waals surface area contributed by atoms with Crippen LogP contribution in [0.1, 0.15) is 31.8 Å². The Morgan fingerprint density at radius 1 is 0.707 bits per heavy atom. The lowest BCUT2D eigenvalue weighted by Gasteiger charge is -2.24. The van der Waals surface area contributed by atoms with Crippen LogP contribution in [0.3, 0.4) is 0 Å². The van der Waals surface area contributed by atoms with Crippen LogP contribution < -0.4 is 5.32 Å². The van der Waals surface area contributed by atoms with Crippen molar-refractivity contribution in [2.24, 2.45) is 0 Å². The predicted octanol–water partition coefficient (Wildman–Crippen LogP) is 5.80. The van der Waals surface area contributed by atoms with E-state index in [1.165, 1.54) is 18.2 Å². The van der Waals surface area contributed by atoms with Crippen molar-refractivity contribution in [3.8, 4) is 0 Å². The highest BCUT2D eigenvalue weighted by atomic mass is 127. The maximum Gasteiger partial charge on any atom is 0.416 e. The van der Waals surface area contributed by atoms with Gasteiger partial charge in [0.25, 0.3) is 5.91 Å². The first kappa shape index (κ1) is 31.4. The average Bonchev–Trinajstić information content (AvgIpc) is 2.89. The summed E-state index contributed by atoms with van der Waals surface area (Å²) in [5.74, 6) is -6.62. The van der Waals surface area contributed by atoms with Gasteiger partial charge in [-0.05, 0) is 77.2 Å². The number of esters is 2. The van der Waals surface area contributed by atoms with Crippen LogP contribution in [0.25, 0.3) is 0 Å². The third-order valence-electron chi connectivity index (χ3n) is 5.19. The molecular formula is C26H16F6INO7. The summed E-state index contributed by atoms with van der Waals surface area (Å²) in [6.45, 7) is 0. The van der Waals surface area contributed by atoms with Crippen molar-refractivity contribution < 1.29 is 60.1 Å². The minimum Gasteiger partial charge on any atom is -0.478 e. The second kappa shape index (κ2) is 12.6. The standard InChI is InChI=1S/C26H16F6INO7/c27-25(28,29)15-6-1-4-13(10-15)23(38)40-19(21(35)34-18-9-3-8-17(33)12-18)20(22(36)37)41-24(39)14-5-2-7-16(11-14)26(30,31)32/h1-12,19-20H,(H,34,35)(H,36,37)/t19-,20-/m0/s1. The van der Waals surface area contributed by atoms with Crippen LogP contribution in [0.5, 0.6) is 0 Å². The molecule has 0 saturated carbocycles. The van der Waals surface area contributed by atoms with Gasteiger partial charge in [0.1, 0.15) is 0 Å². The molecule has 0 heterocycles. The minimum atomic E-state index is -4.86. The molecule has 3 rings (SSSR count). The van der Waals surface area contributed by atoms with Crippen molar-refractivity contribution in [3.63, 3.8) is 0 Å². The quantitative estimate of drug-likeness (QED) is 0.174. The molecule has 15 heteroatoms. The molecule has 0 radical (unpaired) electrons. The van der Waals surface area contributed by atoms with Gasteiger partial charge in [-0.25, -0.2) is 14.4 Å². The van der Waals surface area contributed by atoms with E-state index in [0.717, 1.165) is 24.3 Å². The van der Waals surface area contributed by atoms with E-state index in [1.54, 1.807) is 6.07 Å². The zero-order chi connectivity index (χ0) is 30.5. The van der Waals surface area contributed by atoms with Crippen molar-refractivity contribution in [1.82, 2.24) is 0 Å². The number of amides is 1. The van der Waals surface area contributed by atoms with Gasteiger partial charge in [0.05, 0.1) is 22.3 Å². The Kier molecular flexibility index (Phi) is 9.62. The number of ether oxygens (including phenoxy) is 2. The van der Waals surface area contributed by atoms with Crippen molar-refractivity contribution in [2.45, 2.75) is 24.6 Å². The second-order valence-electron chi connectivity index (χ2n) is 8.15. The second-order valence-corrected chi connectivity index (χ2v) is 9.39. The Bertz CT molecular complexity index is 1470. The van der Waals surface area contributed by atoms with E-state index in [1.807, 2.05) is 22.6 Å². The number of rotatable bonds is 8. The molecular weight excluding hydrogens is 679 g/mol. The zero-order valence-corrected chi connectivity index (χ0v) is 22.3. The number of hydrogen-bond donors (Lipinski definition) is 2. The fourth-order valence-electron chi connectivity index (χ4n) is 3.29. The Hall–Kier alpha value is -4.15. The van der Waals surface area contributed by atoms with Gasteiger partial charge in [0.15, 0.2) is 0 Å². The number of benzene rings is 3. The summed E-state index contributed by atoms with van der Waals surface area (Å²) < 4.78 is 88.9. The van der Waals surface area contributed by atoms with Crippen molar-refractivity contribution in [2.75, 3.05) is 5.32 Å². The third-order valence-corrected chi connectivity index (χ3v) is 5.86. The summed E-state index contributed by atoms with van der Waals surface area (Å²) >= 11 is 1.89. The summed E-state index contributed by atoms with van der Waals surface area (Å²) in [4.78, 5) is 50.5. The van der Waals surface area contributed by atoms with Crippen molar-refractivity contribution in [1.29, 1.82) is 0 Å². The SMILES string of the molecule is O=C(O[C@H](C(=O)O)[C@H](OC(=O)c1cccc(C(F)(F)F)c1)C(=O)Nc1cccc(I)c1)c1cccc(C(F)(F)F)c1. The average molecular weight is 695 g/mol. The molecule has 0 bridgehead atoms. The van der Waals surface area contributed by atoms with Crippen LogP contribution in [-0.2, 0) is 31.4 Å². The molecule has 8 nitrogen and oxygen atoms in total. The van der Waals surface area contributed by atoms with E-state index in [-0.39, 0.29) is 5.69 Å². The number of nitrogens with one attached hydrogen (secondary N) is 1. The topological polar surface area (TPSA) is 119 Å². The monoisotopic (exact) mass is 695 g/mol. The molecule has 0 unspecified atom stereocenters. The van der Waals surface area contributed by atoms with Crippen LogP contribution in [-0.4, -0.2) is 41.1 Å². The first-order chi connectivity index (χ1) is 19.1. The number of halogens is 7. The summed E-state index contributed by atoms with van der Waals surface area (Å²) in [5.41, 5.74) is -3.90. The molecule has 41 heavy (non-hydrogen) atoms. The lowest BCUT2D eigenvalue weighted by Crippen LogP contribution is -2.48. The highest BCUT2D eigenvalue weighted by molar-refractivity contribution is 14.1. The molecule has 2 N–H and O–H groups in total. The number of carbonyl (C=O) groups is 4. The van der Waals surface area contributed by atoms with Crippen molar-refractivity contribution >= 4 is 52.1 Å². The highest BCUT2D eigenvalue weighted by Crippen LogP contribution is 2.31. The Morgan fingerprint density at radius 2 is 1.17 bits per heavy atom. The lowest BCUT2D eigenvalue weighted by molar-refractivity contribution is -0.157. The Labute approximate surface area is 240 Å². The molecule has 0 aliphatic rings. The number of alkyl halides is 6. The summed E-state index contributed by atoms with van der Waals surface area (Å²) in [6, 6.07) is 11.5. The van der Waals surface area contributed by atoms with Crippen LogP contribution in [0.2, 0.25) is 0 Å². The normalized spacial score (nSPS) is 13.0. The molecule has 1 amide bonds. The van der Waals surface area contributed by atoms with Gasteiger partial charge in [-0.2, -0.15) is 26.3 Å². The minimum absolute atomic E-state index is 0.0790. The largest absolute Gasteiger partial charge is 0.478 e. The molecule has 0 aromatic heterocycles. The van der Waals surface area contributed by atoms with Crippen LogP contribution >= 0.6 is 22.6 Å². The number of aliphatic carboxylic acids is 1. The molecule has 3 aromatic rings. The van der Waals surface area contributed by atoms with E-state index in [9.17, 15) is 50.6 Å². The molecule has 0 fully saturated rings. The maximum absolute atomic E-state index is 13.1. The van der Waals surface area contributed by atoms with Crippen LogP contribution in [0.4, 0.5) is 32.0 Å². The van der Waals surface area contributed by atoms with Gasteiger partial charge >= 0.3 is 30.3 Å². The molecule has 0 saturated heterocycles. The molecule has 3 aromatic carbocycles. The van der Waals surface area contributed by atoms with Gasteiger partial charge < -0.3 is 19.9 Å². The number of carbonyl (C=O) groups excluding carboxylic acids is 3. The third kappa shape index (κ3) is 8.42. The highest BCUT2D eigenvalue weighted by Gasteiger charge is 2.42. The fraction of sp³-hybridized carbons (Fsp3) is 0.154. The molecule has 216 valence electrons. The van der Waals surface area contributed by atoms with Gasteiger partial charge in [-0.1, -0.05) is 18.2 Å². The van der Waals surface area contributed by atoms with E-state index < -0.39 is 70.6 Å². The summed E-state index contributed by atoms with van der Waals surface area (Å²) in [7, 11) is 0. The van der Waals surface area contributed by atoms with E-state index in [4.69, 9.17) is 9.47 Å². The molecule has 0 aliphatic heterocycles. The smallest absolute Gasteiger partial charge is 0.416 e. The Morgan fingerprint density at radius 3 is 1.61 bits per heavy atom. The summed E-state index contributed by atoms with van der Waals surface area (Å²) in [5, 5.41) is 12.0. The van der Waals surface area contributed by atoms with Gasteiger partial charge in [0, 0.05) is 9.26 Å². The van der Waals surface area contributed by atoms with E-state index in [2.05, 4.69) is 5.32 Å². The first-order valence-corrected chi connectivity index (χ1v) is 12.2. The fourth-order valence-corrected chi connectivity index (χ4v) is 3.83. The summed E-state index contributed by atoms with van der Waals surface area (Å²) in [6.07, 6.45) is -14.9. The van der Waals surface area contributed by atoms with Crippen molar-refractivity contribution in [3.05, 3.63) is 98.6 Å². The number of carboxylic acids is 1. The number of anilines is 1. The first-order valence-electron chi connectivity index (χ1n) is 11.1. The number of carboxylic acid groups (broad SMARTS) is 1. The maximum atomic E-state index is 13.1. The van der Waals surface area contributed by atoms with Gasteiger partial charge in [-0.3, -0.25) is 4.79 Å². The van der Waals surface area contributed by atoms with Gasteiger partial charge in [-0.15, -0.1) is 0 Å². The number of hydrogen-bond acceptors (Lipinski definition) is 6. The molecule has 2 atom stereocenters. The van der Waals surface area contributed by atoms with E-state index >= 15 is 0 Å². The van der Waals surface area contributed by atoms with E-state index in [0.29, 0.717) is 27.8 Å². The Balaban J connectivity index is 1.97. The molecule has 0 aliphatic carbocycles. The predicted molar refractivity (Wildman–Crippen MR) is 137 cm³/mol. The molecule has 0 spiro atoms.